The number of hydrogen-bond donors (Lipinski definition) is 0. The molecule has 0 saturated carbocycles. The molecule has 0 bridgehead atoms. The SMILES string of the molecule is CC(C)OS(=O)(=O)c1ccccc1.[MgH2]. The summed E-state index contributed by atoms with van der Waals surface area (Å²) >= 11 is 0. The second-order valence-electron chi connectivity index (χ2n) is 2.91. The van der Waals surface area contributed by atoms with E-state index in [1.165, 1.54) is 12.1 Å². The molecule has 0 radical (unpaired) electrons. The molecule has 14 heavy (non-hydrogen) atoms. The van der Waals surface area contributed by atoms with Gasteiger partial charge in [-0.05, 0) is 26.0 Å². The summed E-state index contributed by atoms with van der Waals surface area (Å²) in [6.45, 7) is 3.36. The Bertz CT molecular complexity index is 359. The van der Waals surface area contributed by atoms with Crippen LogP contribution in [0.1, 0.15) is 13.8 Å². The highest BCUT2D eigenvalue weighted by Crippen LogP contribution is 2.12. The first-order valence-corrected chi connectivity index (χ1v) is 5.41. The van der Waals surface area contributed by atoms with Crippen LogP contribution in [0.3, 0.4) is 0 Å². The van der Waals surface area contributed by atoms with Crippen molar-refractivity contribution in [3.8, 4) is 0 Å². The van der Waals surface area contributed by atoms with Crippen LogP contribution in [0.15, 0.2) is 35.2 Å². The van der Waals surface area contributed by atoms with Gasteiger partial charge in [0.15, 0.2) is 0 Å². The van der Waals surface area contributed by atoms with Crippen molar-refractivity contribution in [3.05, 3.63) is 30.3 Å². The van der Waals surface area contributed by atoms with Gasteiger partial charge in [0.05, 0.1) is 11.0 Å². The predicted molar refractivity (Wildman–Crippen MR) is 58.4 cm³/mol. The fraction of sp³-hybridized carbons (Fsp3) is 0.333. The average molecular weight is 227 g/mol. The molecule has 0 fully saturated rings. The Balaban J connectivity index is 0.00000169. The molecule has 0 amide bonds. The van der Waals surface area contributed by atoms with Crippen molar-refractivity contribution in [1.29, 1.82) is 0 Å². The van der Waals surface area contributed by atoms with Gasteiger partial charge < -0.3 is 0 Å². The van der Waals surface area contributed by atoms with Crippen LogP contribution >= 0.6 is 0 Å². The number of hydrogen-bond acceptors (Lipinski definition) is 3. The normalized spacial score (nSPS) is 11.1. The Morgan fingerprint density at radius 2 is 1.64 bits per heavy atom. The van der Waals surface area contributed by atoms with Crippen molar-refractivity contribution in [2.24, 2.45) is 0 Å². The summed E-state index contributed by atoms with van der Waals surface area (Å²) < 4.78 is 27.6. The van der Waals surface area contributed by atoms with Gasteiger partial charge in [-0.25, -0.2) is 0 Å². The van der Waals surface area contributed by atoms with Crippen molar-refractivity contribution in [1.82, 2.24) is 0 Å². The van der Waals surface area contributed by atoms with E-state index in [2.05, 4.69) is 0 Å². The molecular formula is C9H14MgO3S. The largest absolute Gasteiger partial charge is 0.316 e. The summed E-state index contributed by atoms with van der Waals surface area (Å²) in [4.78, 5) is 0.198. The van der Waals surface area contributed by atoms with Crippen LogP contribution in [0.25, 0.3) is 0 Å². The first-order chi connectivity index (χ1) is 6.02. The highest BCUT2D eigenvalue weighted by Gasteiger charge is 2.15. The molecule has 0 heterocycles. The van der Waals surface area contributed by atoms with Crippen molar-refractivity contribution in [2.45, 2.75) is 24.8 Å². The second-order valence-corrected chi connectivity index (χ2v) is 4.48. The van der Waals surface area contributed by atoms with Gasteiger partial charge in [0.25, 0.3) is 10.1 Å². The minimum absolute atomic E-state index is 0. The zero-order valence-electron chi connectivity index (χ0n) is 7.60. The molecule has 1 aromatic rings. The Kier molecular flexibility index (Phi) is 5.66. The van der Waals surface area contributed by atoms with Crippen LogP contribution in [0.4, 0.5) is 0 Å². The van der Waals surface area contributed by atoms with E-state index in [1.807, 2.05) is 0 Å². The molecule has 0 saturated heterocycles. The summed E-state index contributed by atoms with van der Waals surface area (Å²) in [7, 11) is -3.56. The van der Waals surface area contributed by atoms with Gasteiger partial charge in [0, 0.05) is 0 Å². The van der Waals surface area contributed by atoms with E-state index in [0.717, 1.165) is 0 Å². The summed E-state index contributed by atoms with van der Waals surface area (Å²) in [5.74, 6) is 0. The Hall–Kier alpha value is -0.104. The van der Waals surface area contributed by atoms with E-state index in [-0.39, 0.29) is 34.1 Å². The van der Waals surface area contributed by atoms with Gasteiger partial charge in [-0.2, -0.15) is 8.42 Å². The quantitative estimate of drug-likeness (QED) is 0.568. The summed E-state index contributed by atoms with van der Waals surface area (Å²) in [5, 5.41) is 0. The third kappa shape index (κ3) is 3.96. The smallest absolute Gasteiger partial charge is 0.264 e. The summed E-state index contributed by atoms with van der Waals surface area (Å²) in [6.07, 6.45) is -0.329. The molecule has 0 aromatic heterocycles. The molecule has 1 aromatic carbocycles. The standard InChI is InChI=1S/C9H12O3S.Mg.2H/c1-8(2)12-13(10,11)9-6-4-3-5-7-9;;;/h3-8H,1-2H3;;;. The Morgan fingerprint density at radius 3 is 2.07 bits per heavy atom. The lowest BCUT2D eigenvalue weighted by Gasteiger charge is -2.07. The highest BCUT2D eigenvalue weighted by molar-refractivity contribution is 7.86. The molecule has 0 N–H and O–H groups in total. The van der Waals surface area contributed by atoms with Gasteiger partial charge in [0.2, 0.25) is 0 Å². The van der Waals surface area contributed by atoms with Gasteiger partial charge in [0.1, 0.15) is 0 Å². The lowest BCUT2D eigenvalue weighted by atomic mass is 10.4. The minimum atomic E-state index is -3.56. The molecule has 0 aliphatic rings. The third-order valence-corrected chi connectivity index (χ3v) is 2.84. The molecular weight excluding hydrogens is 212 g/mol. The van der Waals surface area contributed by atoms with E-state index >= 15 is 0 Å². The maximum absolute atomic E-state index is 11.4. The lowest BCUT2D eigenvalue weighted by Crippen LogP contribution is -2.12. The van der Waals surface area contributed by atoms with Gasteiger partial charge >= 0.3 is 23.1 Å². The van der Waals surface area contributed by atoms with Crippen molar-refractivity contribution in [3.63, 3.8) is 0 Å². The van der Waals surface area contributed by atoms with Gasteiger partial charge in [-0.3, -0.25) is 4.18 Å². The summed E-state index contributed by atoms with van der Waals surface area (Å²) in [6, 6.07) is 8.11. The maximum atomic E-state index is 11.4. The molecule has 3 nitrogen and oxygen atoms in total. The van der Waals surface area contributed by atoms with Crippen LogP contribution in [0.5, 0.6) is 0 Å². The van der Waals surface area contributed by atoms with Crippen molar-refractivity contribution < 1.29 is 12.6 Å². The molecule has 76 valence electrons. The second kappa shape index (κ2) is 5.70. The zero-order valence-corrected chi connectivity index (χ0v) is 8.41. The number of benzene rings is 1. The molecule has 0 aliphatic heterocycles. The van der Waals surface area contributed by atoms with E-state index < -0.39 is 10.1 Å². The molecule has 5 heteroatoms. The van der Waals surface area contributed by atoms with Crippen LogP contribution < -0.4 is 0 Å². The Morgan fingerprint density at radius 1 is 1.14 bits per heavy atom. The molecule has 0 spiro atoms. The van der Waals surface area contributed by atoms with Crippen LogP contribution in [-0.2, 0) is 14.3 Å². The van der Waals surface area contributed by atoms with E-state index in [9.17, 15) is 8.42 Å². The molecule has 0 aliphatic carbocycles. The van der Waals surface area contributed by atoms with E-state index in [0.29, 0.717) is 0 Å². The fourth-order valence-electron chi connectivity index (χ4n) is 0.896. The average Bonchev–Trinajstić information content (AvgIpc) is 2.04. The highest BCUT2D eigenvalue weighted by atomic mass is 32.2. The van der Waals surface area contributed by atoms with Crippen LogP contribution in [-0.4, -0.2) is 37.6 Å². The predicted octanol–water partition coefficient (Wildman–Crippen LogP) is 0.884. The fourth-order valence-corrected chi connectivity index (χ4v) is 2.00. The molecule has 0 unspecified atom stereocenters. The van der Waals surface area contributed by atoms with Crippen molar-refractivity contribution in [2.75, 3.05) is 0 Å². The first-order valence-electron chi connectivity index (χ1n) is 4.01. The molecule has 1 rings (SSSR count). The third-order valence-electron chi connectivity index (χ3n) is 1.35. The lowest BCUT2D eigenvalue weighted by molar-refractivity contribution is 0.249. The minimum Gasteiger partial charge on any atom is -0.264 e. The molecule has 0 atom stereocenters. The zero-order chi connectivity index (χ0) is 9.90. The van der Waals surface area contributed by atoms with Crippen molar-refractivity contribution >= 4 is 33.2 Å². The van der Waals surface area contributed by atoms with Gasteiger partial charge in [-0.15, -0.1) is 0 Å². The van der Waals surface area contributed by atoms with E-state index in [1.54, 1.807) is 32.0 Å². The topological polar surface area (TPSA) is 43.4 Å². The summed E-state index contributed by atoms with van der Waals surface area (Å²) in [5.41, 5.74) is 0. The monoisotopic (exact) mass is 226 g/mol. The maximum Gasteiger partial charge on any atom is 0.316 e. The van der Waals surface area contributed by atoms with E-state index in [4.69, 9.17) is 4.18 Å². The van der Waals surface area contributed by atoms with Crippen LogP contribution in [0, 0.1) is 0 Å². The Labute approximate surface area is 101 Å². The number of rotatable bonds is 3. The first kappa shape index (κ1) is 13.9. The van der Waals surface area contributed by atoms with Gasteiger partial charge in [-0.1, -0.05) is 18.2 Å². The van der Waals surface area contributed by atoms with Crippen LogP contribution in [0.2, 0.25) is 0 Å².